The highest BCUT2D eigenvalue weighted by Crippen LogP contribution is 2.49. The number of carbonyl (C=O) groups is 2. The van der Waals surface area contributed by atoms with E-state index >= 15 is 0 Å². The summed E-state index contributed by atoms with van der Waals surface area (Å²) in [5, 5.41) is 8.81. The molecule has 0 atom stereocenters. The monoisotopic (exact) mass is 293 g/mol. The van der Waals surface area contributed by atoms with E-state index < -0.39 is 11.4 Å². The average molecular weight is 293 g/mol. The largest absolute Gasteiger partial charge is 0.481 e. The second kappa shape index (κ2) is 5.84. The van der Waals surface area contributed by atoms with Gasteiger partial charge in [0.1, 0.15) is 5.82 Å². The zero-order valence-electron chi connectivity index (χ0n) is 12.3. The maximum atomic E-state index is 13.0. The fourth-order valence-corrected chi connectivity index (χ4v) is 2.61. The Hall–Kier alpha value is -1.91. The van der Waals surface area contributed by atoms with Crippen LogP contribution < -0.4 is 0 Å². The van der Waals surface area contributed by atoms with Crippen molar-refractivity contribution in [3.8, 4) is 0 Å². The van der Waals surface area contributed by atoms with E-state index in [0.29, 0.717) is 0 Å². The van der Waals surface area contributed by atoms with E-state index in [1.165, 1.54) is 12.1 Å². The minimum Gasteiger partial charge on any atom is -0.481 e. The number of hydrogen-bond acceptors (Lipinski definition) is 2. The SMILES string of the molecule is CC(C)N(CCC(=O)O)C(=O)C1(c2ccc(F)cc2)CC1. The standard InChI is InChI=1S/C16H20FNO3/c1-11(2)18(10-7-14(19)20)15(21)16(8-9-16)12-3-5-13(17)6-4-12/h3-6,11H,7-10H2,1-2H3,(H,19,20). The number of rotatable bonds is 6. The zero-order chi connectivity index (χ0) is 15.6. The second-order valence-electron chi connectivity index (χ2n) is 5.83. The Labute approximate surface area is 123 Å². The summed E-state index contributed by atoms with van der Waals surface area (Å²) in [4.78, 5) is 25.2. The van der Waals surface area contributed by atoms with Crippen molar-refractivity contribution in [3.05, 3.63) is 35.6 Å². The Morgan fingerprint density at radius 2 is 1.86 bits per heavy atom. The molecule has 21 heavy (non-hydrogen) atoms. The van der Waals surface area contributed by atoms with Crippen molar-refractivity contribution in [2.24, 2.45) is 0 Å². The maximum absolute atomic E-state index is 13.0. The first-order valence-corrected chi connectivity index (χ1v) is 7.16. The fourth-order valence-electron chi connectivity index (χ4n) is 2.61. The molecule has 1 aromatic carbocycles. The molecule has 0 aliphatic heterocycles. The van der Waals surface area contributed by atoms with Crippen molar-refractivity contribution < 1.29 is 19.1 Å². The van der Waals surface area contributed by atoms with Crippen LogP contribution in [0.3, 0.4) is 0 Å². The van der Waals surface area contributed by atoms with Gasteiger partial charge in [0.2, 0.25) is 5.91 Å². The quantitative estimate of drug-likeness (QED) is 0.877. The third kappa shape index (κ3) is 3.23. The van der Waals surface area contributed by atoms with Gasteiger partial charge >= 0.3 is 5.97 Å². The maximum Gasteiger partial charge on any atom is 0.305 e. The van der Waals surface area contributed by atoms with Gasteiger partial charge in [0.25, 0.3) is 0 Å². The lowest BCUT2D eigenvalue weighted by atomic mass is 9.93. The number of carboxylic acid groups (broad SMARTS) is 1. The number of nitrogens with zero attached hydrogens (tertiary/aromatic N) is 1. The first kappa shape index (κ1) is 15.5. The Morgan fingerprint density at radius 1 is 1.29 bits per heavy atom. The lowest BCUT2D eigenvalue weighted by Crippen LogP contribution is -2.44. The predicted molar refractivity (Wildman–Crippen MR) is 76.4 cm³/mol. The summed E-state index contributed by atoms with van der Waals surface area (Å²) in [5.74, 6) is -1.29. The number of halogens is 1. The summed E-state index contributed by atoms with van der Waals surface area (Å²) in [6.45, 7) is 3.95. The van der Waals surface area contributed by atoms with Gasteiger partial charge in [0.15, 0.2) is 0 Å². The number of aliphatic carboxylic acids is 1. The highest BCUT2D eigenvalue weighted by molar-refractivity contribution is 5.91. The molecule has 0 saturated heterocycles. The Morgan fingerprint density at radius 3 is 2.29 bits per heavy atom. The van der Waals surface area contributed by atoms with Crippen molar-refractivity contribution in [2.45, 2.75) is 44.6 Å². The molecule has 0 heterocycles. The number of carbonyl (C=O) groups excluding carboxylic acids is 1. The van der Waals surface area contributed by atoms with Gasteiger partial charge in [-0.25, -0.2) is 4.39 Å². The third-order valence-corrected chi connectivity index (χ3v) is 4.01. The van der Waals surface area contributed by atoms with Crippen LogP contribution in [0.4, 0.5) is 4.39 Å². The predicted octanol–water partition coefficient (Wildman–Crippen LogP) is 2.57. The van der Waals surface area contributed by atoms with Crippen molar-refractivity contribution in [1.29, 1.82) is 0 Å². The topological polar surface area (TPSA) is 57.6 Å². The van der Waals surface area contributed by atoms with Gasteiger partial charge in [-0.15, -0.1) is 0 Å². The smallest absolute Gasteiger partial charge is 0.305 e. The van der Waals surface area contributed by atoms with E-state index in [1.807, 2.05) is 13.8 Å². The van der Waals surface area contributed by atoms with Crippen LogP contribution in [0.15, 0.2) is 24.3 Å². The van der Waals surface area contributed by atoms with E-state index in [2.05, 4.69) is 0 Å². The van der Waals surface area contributed by atoms with Gasteiger partial charge in [-0.2, -0.15) is 0 Å². The van der Waals surface area contributed by atoms with E-state index in [-0.39, 0.29) is 30.7 Å². The molecule has 4 nitrogen and oxygen atoms in total. The van der Waals surface area contributed by atoms with Crippen LogP contribution in [0.1, 0.15) is 38.7 Å². The van der Waals surface area contributed by atoms with Crippen LogP contribution in [-0.2, 0) is 15.0 Å². The molecule has 2 rings (SSSR count). The van der Waals surface area contributed by atoms with Crippen molar-refractivity contribution >= 4 is 11.9 Å². The average Bonchev–Trinajstić information content (AvgIpc) is 3.20. The molecule has 1 aliphatic rings. The lowest BCUT2D eigenvalue weighted by Gasteiger charge is -2.30. The second-order valence-corrected chi connectivity index (χ2v) is 5.83. The van der Waals surface area contributed by atoms with E-state index in [4.69, 9.17) is 5.11 Å². The minimum atomic E-state index is -0.917. The molecule has 5 heteroatoms. The first-order chi connectivity index (χ1) is 9.86. The van der Waals surface area contributed by atoms with Crippen LogP contribution in [-0.4, -0.2) is 34.5 Å². The van der Waals surface area contributed by atoms with Crippen LogP contribution in [0.2, 0.25) is 0 Å². The van der Waals surface area contributed by atoms with Crippen LogP contribution in [0.5, 0.6) is 0 Å². The molecule has 1 N–H and O–H groups in total. The molecule has 114 valence electrons. The van der Waals surface area contributed by atoms with Crippen LogP contribution in [0, 0.1) is 5.82 Å². The van der Waals surface area contributed by atoms with Gasteiger partial charge < -0.3 is 10.0 Å². The van der Waals surface area contributed by atoms with E-state index in [1.54, 1.807) is 17.0 Å². The van der Waals surface area contributed by atoms with E-state index in [9.17, 15) is 14.0 Å². The zero-order valence-corrected chi connectivity index (χ0v) is 12.3. The molecule has 0 radical (unpaired) electrons. The summed E-state index contributed by atoms with van der Waals surface area (Å²) in [6, 6.07) is 5.96. The molecule has 0 bridgehead atoms. The third-order valence-electron chi connectivity index (χ3n) is 4.01. The van der Waals surface area contributed by atoms with Crippen LogP contribution >= 0.6 is 0 Å². The molecule has 0 unspecified atom stereocenters. The summed E-state index contributed by atoms with van der Waals surface area (Å²) in [5.41, 5.74) is 0.228. The molecule has 0 aromatic heterocycles. The van der Waals surface area contributed by atoms with Gasteiger partial charge in [-0.3, -0.25) is 9.59 Å². The van der Waals surface area contributed by atoms with E-state index in [0.717, 1.165) is 18.4 Å². The highest BCUT2D eigenvalue weighted by atomic mass is 19.1. The summed E-state index contributed by atoms with van der Waals surface area (Å²) >= 11 is 0. The molecule has 1 aliphatic carbocycles. The van der Waals surface area contributed by atoms with Gasteiger partial charge in [-0.1, -0.05) is 12.1 Å². The normalized spacial score (nSPS) is 15.8. The highest BCUT2D eigenvalue weighted by Gasteiger charge is 2.53. The van der Waals surface area contributed by atoms with Crippen molar-refractivity contribution in [1.82, 2.24) is 4.90 Å². The first-order valence-electron chi connectivity index (χ1n) is 7.16. The molecule has 1 aromatic rings. The molecule has 1 saturated carbocycles. The Bertz CT molecular complexity index is 535. The lowest BCUT2D eigenvalue weighted by molar-refractivity contribution is -0.140. The summed E-state index contributed by atoms with van der Waals surface area (Å²) in [6.07, 6.45) is 1.39. The molecule has 1 amide bonds. The Balaban J connectivity index is 2.19. The number of benzene rings is 1. The van der Waals surface area contributed by atoms with Gasteiger partial charge in [0, 0.05) is 12.6 Å². The minimum absolute atomic E-state index is 0.0506. The molecule has 1 fully saturated rings. The summed E-state index contributed by atoms with van der Waals surface area (Å²) < 4.78 is 13.0. The van der Waals surface area contributed by atoms with Crippen molar-refractivity contribution in [2.75, 3.05) is 6.54 Å². The number of hydrogen-bond donors (Lipinski definition) is 1. The fraction of sp³-hybridized carbons (Fsp3) is 0.500. The number of amides is 1. The summed E-state index contributed by atoms with van der Waals surface area (Å²) in [7, 11) is 0. The molecular formula is C16H20FNO3. The van der Waals surface area contributed by atoms with Crippen molar-refractivity contribution in [3.63, 3.8) is 0 Å². The van der Waals surface area contributed by atoms with Crippen LogP contribution in [0.25, 0.3) is 0 Å². The number of carboxylic acids is 1. The molecular weight excluding hydrogens is 273 g/mol. The van der Waals surface area contributed by atoms with Gasteiger partial charge in [0.05, 0.1) is 11.8 Å². The van der Waals surface area contributed by atoms with Gasteiger partial charge in [-0.05, 0) is 44.4 Å². The molecule has 0 spiro atoms. The Kier molecular flexibility index (Phi) is 4.30.